The summed E-state index contributed by atoms with van der Waals surface area (Å²) in [5.74, 6) is 0.787. The first-order valence-corrected chi connectivity index (χ1v) is 8.62. The third-order valence-electron chi connectivity index (χ3n) is 3.61. The van der Waals surface area contributed by atoms with Gasteiger partial charge in [0, 0.05) is 42.4 Å². The number of hydrogen-bond donors (Lipinski definition) is 0. The van der Waals surface area contributed by atoms with Crippen LogP contribution < -0.4 is 11.2 Å². The van der Waals surface area contributed by atoms with Crippen LogP contribution in [0, 0.1) is 0 Å². The van der Waals surface area contributed by atoms with E-state index in [-0.39, 0.29) is 17.0 Å². The summed E-state index contributed by atoms with van der Waals surface area (Å²) in [5, 5.41) is 0. The molecule has 0 spiro atoms. The van der Waals surface area contributed by atoms with Gasteiger partial charge in [-0.25, -0.2) is 4.79 Å². The van der Waals surface area contributed by atoms with Crippen molar-refractivity contribution in [3.05, 3.63) is 68.5 Å². The summed E-state index contributed by atoms with van der Waals surface area (Å²) < 4.78 is 14.6. The van der Waals surface area contributed by atoms with Crippen molar-refractivity contribution in [1.29, 1.82) is 0 Å². The molecule has 6 heteroatoms. The van der Waals surface area contributed by atoms with Gasteiger partial charge in [0.15, 0.2) is 0 Å². The molecule has 118 valence electrons. The van der Waals surface area contributed by atoms with Crippen molar-refractivity contribution < 1.29 is 4.21 Å². The van der Waals surface area contributed by atoms with Crippen LogP contribution in [0.15, 0.2) is 46.0 Å². The SMILES string of the molecule is Cn1c(CS(=O)CCCc2ccccc2)cc(=O)n(C)c1=O. The van der Waals surface area contributed by atoms with Gasteiger partial charge in [0.25, 0.3) is 5.56 Å². The lowest BCUT2D eigenvalue weighted by Crippen LogP contribution is -2.38. The Balaban J connectivity index is 1.95. The van der Waals surface area contributed by atoms with E-state index in [0.29, 0.717) is 11.4 Å². The Hall–Kier alpha value is -1.95. The molecular formula is C16H20N2O3S. The zero-order valence-electron chi connectivity index (χ0n) is 12.8. The summed E-state index contributed by atoms with van der Waals surface area (Å²) in [6.45, 7) is 0. The molecule has 1 atom stereocenters. The van der Waals surface area contributed by atoms with Gasteiger partial charge in [-0.05, 0) is 18.4 Å². The molecule has 0 amide bonds. The first-order chi connectivity index (χ1) is 10.5. The molecule has 0 saturated carbocycles. The summed E-state index contributed by atoms with van der Waals surface area (Å²) in [6, 6.07) is 11.4. The largest absolute Gasteiger partial charge is 0.330 e. The van der Waals surface area contributed by atoms with Gasteiger partial charge < -0.3 is 0 Å². The molecule has 0 N–H and O–H groups in total. The van der Waals surface area contributed by atoms with Gasteiger partial charge in [0.1, 0.15) is 0 Å². The molecule has 0 aliphatic rings. The average molecular weight is 320 g/mol. The number of rotatable bonds is 6. The molecule has 1 unspecified atom stereocenters. The third kappa shape index (κ3) is 4.04. The lowest BCUT2D eigenvalue weighted by molar-refractivity contribution is 0.654. The van der Waals surface area contributed by atoms with E-state index >= 15 is 0 Å². The first kappa shape index (κ1) is 16.4. The first-order valence-electron chi connectivity index (χ1n) is 7.14. The molecule has 0 aliphatic heterocycles. The zero-order valence-corrected chi connectivity index (χ0v) is 13.6. The Morgan fingerprint density at radius 1 is 1.05 bits per heavy atom. The lowest BCUT2D eigenvalue weighted by atomic mass is 10.1. The normalized spacial score (nSPS) is 12.3. The summed E-state index contributed by atoms with van der Waals surface area (Å²) >= 11 is 0. The highest BCUT2D eigenvalue weighted by Gasteiger charge is 2.09. The molecule has 1 aromatic carbocycles. The standard InChI is InChI=1S/C16H20N2O3S/c1-17-14(11-15(19)18(2)16(17)20)12-22(21)10-6-9-13-7-4-3-5-8-13/h3-5,7-8,11H,6,9-10,12H2,1-2H3. The molecule has 0 fully saturated rings. The zero-order chi connectivity index (χ0) is 16.1. The van der Waals surface area contributed by atoms with Gasteiger partial charge >= 0.3 is 5.69 Å². The summed E-state index contributed by atoms with van der Waals surface area (Å²) in [5.41, 5.74) is 0.995. The van der Waals surface area contributed by atoms with Gasteiger partial charge in [-0.2, -0.15) is 0 Å². The van der Waals surface area contributed by atoms with E-state index in [9.17, 15) is 13.8 Å². The van der Waals surface area contributed by atoms with Crippen LogP contribution in [0.1, 0.15) is 17.7 Å². The third-order valence-corrected chi connectivity index (χ3v) is 4.98. The topological polar surface area (TPSA) is 61.1 Å². The fourth-order valence-corrected chi connectivity index (χ4v) is 3.45. The van der Waals surface area contributed by atoms with E-state index in [4.69, 9.17) is 0 Å². The number of benzene rings is 1. The van der Waals surface area contributed by atoms with E-state index in [2.05, 4.69) is 0 Å². The number of nitrogens with zero attached hydrogens (tertiary/aromatic N) is 2. The Kier molecular flexibility index (Phi) is 5.49. The van der Waals surface area contributed by atoms with Crippen molar-refractivity contribution in [3.8, 4) is 0 Å². The van der Waals surface area contributed by atoms with Crippen LogP contribution in [0.4, 0.5) is 0 Å². The van der Waals surface area contributed by atoms with Crippen molar-refractivity contribution in [3.63, 3.8) is 0 Å². The van der Waals surface area contributed by atoms with E-state index < -0.39 is 10.8 Å². The summed E-state index contributed by atoms with van der Waals surface area (Å²) in [4.78, 5) is 23.5. The van der Waals surface area contributed by atoms with Crippen LogP contribution in [0.5, 0.6) is 0 Å². The average Bonchev–Trinajstić information content (AvgIpc) is 2.51. The number of aryl methyl sites for hydroxylation is 1. The molecule has 1 aromatic heterocycles. The van der Waals surface area contributed by atoms with Crippen LogP contribution in [0.3, 0.4) is 0 Å². The molecule has 0 aliphatic carbocycles. The van der Waals surface area contributed by atoms with Gasteiger partial charge in [0.05, 0.1) is 5.75 Å². The van der Waals surface area contributed by atoms with Gasteiger partial charge in [-0.1, -0.05) is 30.3 Å². The van der Waals surface area contributed by atoms with Crippen LogP contribution in [-0.2, 0) is 37.1 Å². The maximum absolute atomic E-state index is 12.1. The van der Waals surface area contributed by atoms with Crippen LogP contribution >= 0.6 is 0 Å². The van der Waals surface area contributed by atoms with Crippen molar-refractivity contribution >= 4 is 10.8 Å². The van der Waals surface area contributed by atoms with E-state index in [0.717, 1.165) is 17.4 Å². The maximum atomic E-state index is 12.1. The number of aromatic nitrogens is 2. The van der Waals surface area contributed by atoms with Crippen molar-refractivity contribution in [2.45, 2.75) is 18.6 Å². The van der Waals surface area contributed by atoms with Crippen molar-refractivity contribution in [2.75, 3.05) is 5.75 Å². The Morgan fingerprint density at radius 3 is 2.41 bits per heavy atom. The highest BCUT2D eigenvalue weighted by molar-refractivity contribution is 7.84. The van der Waals surface area contributed by atoms with Crippen molar-refractivity contribution in [1.82, 2.24) is 9.13 Å². The minimum Gasteiger partial charge on any atom is -0.300 e. The van der Waals surface area contributed by atoms with Gasteiger partial charge in [-0.15, -0.1) is 0 Å². The van der Waals surface area contributed by atoms with Crippen LogP contribution in [0.25, 0.3) is 0 Å². The Morgan fingerprint density at radius 2 is 1.73 bits per heavy atom. The summed E-state index contributed by atoms with van der Waals surface area (Å²) in [7, 11) is 1.95. The minimum absolute atomic E-state index is 0.233. The van der Waals surface area contributed by atoms with Crippen LogP contribution in [-0.4, -0.2) is 19.1 Å². The predicted octanol–water partition coefficient (Wildman–Crippen LogP) is 0.966. The molecule has 5 nitrogen and oxygen atoms in total. The lowest BCUT2D eigenvalue weighted by Gasteiger charge is -2.09. The molecule has 0 saturated heterocycles. The van der Waals surface area contributed by atoms with Crippen molar-refractivity contribution in [2.24, 2.45) is 14.1 Å². The maximum Gasteiger partial charge on any atom is 0.330 e. The second kappa shape index (κ2) is 7.35. The quantitative estimate of drug-likeness (QED) is 0.797. The van der Waals surface area contributed by atoms with Gasteiger partial charge in [0.2, 0.25) is 0 Å². The fraction of sp³-hybridized carbons (Fsp3) is 0.375. The Labute approximate surface area is 131 Å². The monoisotopic (exact) mass is 320 g/mol. The Bertz CT molecular complexity index is 778. The molecule has 2 rings (SSSR count). The predicted molar refractivity (Wildman–Crippen MR) is 88.4 cm³/mol. The van der Waals surface area contributed by atoms with Gasteiger partial charge in [-0.3, -0.25) is 18.1 Å². The highest BCUT2D eigenvalue weighted by Crippen LogP contribution is 2.05. The van der Waals surface area contributed by atoms with E-state index in [1.54, 1.807) is 7.05 Å². The minimum atomic E-state index is -1.09. The smallest absolute Gasteiger partial charge is 0.300 e. The van der Waals surface area contributed by atoms with Crippen LogP contribution in [0.2, 0.25) is 0 Å². The number of hydrogen-bond acceptors (Lipinski definition) is 3. The molecule has 22 heavy (non-hydrogen) atoms. The molecule has 1 heterocycles. The molecule has 0 bridgehead atoms. The van der Waals surface area contributed by atoms with E-state index in [1.807, 2.05) is 30.3 Å². The second-order valence-corrected chi connectivity index (χ2v) is 6.83. The highest BCUT2D eigenvalue weighted by atomic mass is 32.2. The molecule has 0 radical (unpaired) electrons. The molecular weight excluding hydrogens is 300 g/mol. The second-order valence-electron chi connectivity index (χ2n) is 5.25. The fourth-order valence-electron chi connectivity index (χ4n) is 2.24. The summed E-state index contributed by atoms with van der Waals surface area (Å²) in [6.07, 6.45) is 1.69. The molecule has 2 aromatic rings. The van der Waals surface area contributed by atoms with E-state index in [1.165, 1.54) is 23.2 Å².